The second-order valence-corrected chi connectivity index (χ2v) is 8.34. The molecular weight excluding hydrogens is 344 g/mol. The molecule has 2 bridgehead atoms. The Labute approximate surface area is 167 Å². The van der Waals surface area contributed by atoms with Gasteiger partial charge in [0.2, 0.25) is 5.95 Å². The topological polar surface area (TPSA) is 41.1 Å². The third kappa shape index (κ3) is 3.68. The van der Waals surface area contributed by atoms with Gasteiger partial charge in [-0.3, -0.25) is 0 Å². The third-order valence-corrected chi connectivity index (χ3v) is 6.35. The first-order valence-electron chi connectivity index (χ1n) is 10.6. The van der Waals surface area contributed by atoms with Crippen molar-refractivity contribution in [3.05, 3.63) is 60.2 Å². The van der Waals surface area contributed by atoms with Crippen LogP contribution in [0.2, 0.25) is 0 Å². The van der Waals surface area contributed by atoms with E-state index in [0.717, 1.165) is 55.2 Å². The average Bonchev–Trinajstić information content (AvgIpc) is 3.08. The Morgan fingerprint density at radius 3 is 2.25 bits per heavy atom. The predicted molar refractivity (Wildman–Crippen MR) is 116 cm³/mol. The largest absolute Gasteiger partial charge is 0.355 e. The van der Waals surface area contributed by atoms with Crippen LogP contribution < -0.4 is 10.2 Å². The second kappa shape index (κ2) is 7.78. The molecule has 0 radical (unpaired) electrons. The molecule has 1 aliphatic carbocycles. The number of nitrogens with one attached hydrogen (secondary N) is 1. The lowest BCUT2D eigenvalue weighted by Gasteiger charge is -2.25. The van der Waals surface area contributed by atoms with Gasteiger partial charge in [0, 0.05) is 25.0 Å². The van der Waals surface area contributed by atoms with Gasteiger partial charge in [-0.15, -0.1) is 0 Å². The molecule has 0 amide bonds. The first kappa shape index (κ1) is 17.5. The molecular formula is C24H28N4. The Morgan fingerprint density at radius 1 is 0.821 bits per heavy atom. The zero-order chi connectivity index (χ0) is 18.8. The van der Waals surface area contributed by atoms with E-state index in [1.54, 1.807) is 0 Å². The van der Waals surface area contributed by atoms with Gasteiger partial charge in [0.05, 0.1) is 5.52 Å². The first-order chi connectivity index (χ1) is 13.8. The summed E-state index contributed by atoms with van der Waals surface area (Å²) < 4.78 is 0. The van der Waals surface area contributed by atoms with Crippen molar-refractivity contribution < 1.29 is 0 Å². The summed E-state index contributed by atoms with van der Waals surface area (Å²) in [6.45, 7) is 3.12. The summed E-state index contributed by atoms with van der Waals surface area (Å²) in [7, 11) is 0. The molecule has 1 N–H and O–H groups in total. The van der Waals surface area contributed by atoms with Gasteiger partial charge in [-0.05, 0) is 61.6 Å². The maximum absolute atomic E-state index is 5.00. The molecule has 28 heavy (non-hydrogen) atoms. The number of benzene rings is 2. The van der Waals surface area contributed by atoms with Crippen LogP contribution in [0.15, 0.2) is 54.6 Å². The highest BCUT2D eigenvalue weighted by molar-refractivity contribution is 5.90. The fourth-order valence-corrected chi connectivity index (χ4v) is 4.81. The van der Waals surface area contributed by atoms with Crippen molar-refractivity contribution in [1.29, 1.82) is 0 Å². The monoisotopic (exact) mass is 372 g/mol. The molecule has 4 nitrogen and oxygen atoms in total. The number of para-hydroxylation sites is 1. The van der Waals surface area contributed by atoms with E-state index in [2.05, 4.69) is 64.8 Å². The number of hydrogen-bond donors (Lipinski definition) is 1. The van der Waals surface area contributed by atoms with E-state index >= 15 is 0 Å². The highest BCUT2D eigenvalue weighted by atomic mass is 15.2. The fraction of sp³-hybridized carbons (Fsp3) is 0.417. The van der Waals surface area contributed by atoms with Gasteiger partial charge in [-0.1, -0.05) is 42.5 Å². The van der Waals surface area contributed by atoms with Crippen molar-refractivity contribution in [2.24, 2.45) is 11.8 Å². The van der Waals surface area contributed by atoms with E-state index in [1.165, 1.54) is 36.6 Å². The Hall–Kier alpha value is -2.62. The lowest BCUT2D eigenvalue weighted by molar-refractivity contribution is 0.326. The normalized spacial score (nSPS) is 21.6. The SMILES string of the molecule is c1ccc(CCNc2nc(N3CC4CCC(CC4)C3)c3ccccc3n2)cc1. The van der Waals surface area contributed by atoms with Gasteiger partial charge >= 0.3 is 0 Å². The van der Waals surface area contributed by atoms with Crippen molar-refractivity contribution in [1.82, 2.24) is 9.97 Å². The van der Waals surface area contributed by atoms with Gasteiger partial charge in [0.15, 0.2) is 0 Å². The molecule has 0 spiro atoms. The number of hydrogen-bond acceptors (Lipinski definition) is 4. The number of nitrogens with zero attached hydrogens (tertiary/aromatic N) is 3. The van der Waals surface area contributed by atoms with Gasteiger partial charge in [-0.25, -0.2) is 4.98 Å². The van der Waals surface area contributed by atoms with Crippen molar-refractivity contribution in [3.63, 3.8) is 0 Å². The highest BCUT2D eigenvalue weighted by Gasteiger charge is 2.30. The Bertz CT molecular complexity index is 918. The van der Waals surface area contributed by atoms with E-state index in [9.17, 15) is 0 Å². The molecule has 144 valence electrons. The first-order valence-corrected chi connectivity index (χ1v) is 10.6. The molecule has 3 heterocycles. The minimum absolute atomic E-state index is 0.751. The van der Waals surface area contributed by atoms with Crippen LogP contribution in [0.4, 0.5) is 11.8 Å². The number of aromatic nitrogens is 2. The predicted octanol–water partition coefficient (Wildman–Crippen LogP) is 4.91. The molecule has 3 aliphatic rings. The minimum atomic E-state index is 0.751. The Morgan fingerprint density at radius 2 is 1.50 bits per heavy atom. The zero-order valence-electron chi connectivity index (χ0n) is 16.3. The molecule has 2 aromatic carbocycles. The number of anilines is 2. The smallest absolute Gasteiger partial charge is 0.225 e. The van der Waals surface area contributed by atoms with Crippen LogP contribution in [0, 0.1) is 11.8 Å². The van der Waals surface area contributed by atoms with Gasteiger partial charge in [-0.2, -0.15) is 4.98 Å². The van der Waals surface area contributed by atoms with Crippen LogP contribution in [0.1, 0.15) is 31.2 Å². The van der Waals surface area contributed by atoms with Crippen molar-refractivity contribution >= 4 is 22.7 Å². The van der Waals surface area contributed by atoms with E-state index < -0.39 is 0 Å². The molecule has 2 saturated heterocycles. The maximum atomic E-state index is 5.00. The summed E-state index contributed by atoms with van der Waals surface area (Å²) >= 11 is 0. The molecule has 2 aliphatic heterocycles. The average molecular weight is 373 g/mol. The molecule has 0 unspecified atom stereocenters. The summed E-state index contributed by atoms with van der Waals surface area (Å²) in [5.74, 6) is 3.51. The van der Waals surface area contributed by atoms with Crippen molar-refractivity contribution in [2.45, 2.75) is 32.1 Å². The quantitative estimate of drug-likeness (QED) is 0.691. The van der Waals surface area contributed by atoms with E-state index in [-0.39, 0.29) is 0 Å². The Balaban J connectivity index is 1.41. The lowest BCUT2D eigenvalue weighted by Crippen LogP contribution is -2.29. The third-order valence-electron chi connectivity index (χ3n) is 6.35. The molecule has 0 atom stereocenters. The molecule has 1 aromatic heterocycles. The van der Waals surface area contributed by atoms with Crippen LogP contribution in [0.3, 0.4) is 0 Å². The van der Waals surface area contributed by atoms with Crippen LogP contribution in [0.25, 0.3) is 10.9 Å². The summed E-state index contributed by atoms with van der Waals surface area (Å²) in [5, 5.41) is 4.65. The standard InChI is InChI=1S/C24H28N4/c1-2-6-18(7-3-1)14-15-25-24-26-22-9-5-4-8-21(22)23(27-24)28-16-19-10-11-20(17-28)13-12-19/h1-9,19-20H,10-17H2,(H,25,26,27). The minimum Gasteiger partial charge on any atom is -0.355 e. The highest BCUT2D eigenvalue weighted by Crippen LogP contribution is 2.37. The zero-order valence-corrected chi connectivity index (χ0v) is 16.3. The molecule has 6 rings (SSSR count). The van der Waals surface area contributed by atoms with Gasteiger partial charge in [0.1, 0.15) is 5.82 Å². The van der Waals surface area contributed by atoms with E-state index in [4.69, 9.17) is 9.97 Å². The second-order valence-electron chi connectivity index (χ2n) is 8.34. The summed E-state index contributed by atoms with van der Waals surface area (Å²) in [6.07, 6.45) is 6.50. The summed E-state index contributed by atoms with van der Waals surface area (Å²) in [5.41, 5.74) is 2.37. The number of fused-ring (bicyclic) bond motifs is 5. The van der Waals surface area contributed by atoms with Crippen molar-refractivity contribution in [2.75, 3.05) is 29.9 Å². The molecule has 4 heteroatoms. The van der Waals surface area contributed by atoms with Gasteiger partial charge in [0.25, 0.3) is 0 Å². The van der Waals surface area contributed by atoms with E-state index in [0.29, 0.717) is 0 Å². The fourth-order valence-electron chi connectivity index (χ4n) is 4.81. The lowest BCUT2D eigenvalue weighted by atomic mass is 9.84. The molecule has 1 saturated carbocycles. The van der Waals surface area contributed by atoms with Gasteiger partial charge < -0.3 is 10.2 Å². The van der Waals surface area contributed by atoms with Crippen molar-refractivity contribution in [3.8, 4) is 0 Å². The van der Waals surface area contributed by atoms with Crippen LogP contribution in [-0.4, -0.2) is 29.6 Å². The molecule has 3 aromatic rings. The maximum Gasteiger partial charge on any atom is 0.225 e. The Kier molecular flexibility index (Phi) is 4.86. The van der Waals surface area contributed by atoms with Crippen LogP contribution >= 0.6 is 0 Å². The van der Waals surface area contributed by atoms with Crippen LogP contribution in [0.5, 0.6) is 0 Å². The summed E-state index contributed by atoms with van der Waals surface area (Å²) in [4.78, 5) is 12.3. The molecule has 3 fully saturated rings. The van der Waals surface area contributed by atoms with E-state index in [1.807, 2.05) is 0 Å². The summed E-state index contributed by atoms with van der Waals surface area (Å²) in [6, 6.07) is 19.0. The van der Waals surface area contributed by atoms with Crippen LogP contribution in [-0.2, 0) is 6.42 Å². The number of rotatable bonds is 5.